The van der Waals surface area contributed by atoms with Crippen molar-refractivity contribution in [2.24, 2.45) is 11.7 Å². The van der Waals surface area contributed by atoms with E-state index in [9.17, 15) is 0 Å². The largest absolute Gasteiger partial charge is 0.457 e. The van der Waals surface area contributed by atoms with Crippen molar-refractivity contribution < 1.29 is 9.15 Å². The summed E-state index contributed by atoms with van der Waals surface area (Å²) < 4.78 is 11.9. The van der Waals surface area contributed by atoms with Crippen molar-refractivity contribution in [1.29, 1.82) is 0 Å². The lowest BCUT2D eigenvalue weighted by molar-refractivity contribution is 0.312. The highest BCUT2D eigenvalue weighted by molar-refractivity contribution is 5.57. The topological polar surface area (TPSA) is 64.5 Å². The minimum atomic E-state index is 0.600. The summed E-state index contributed by atoms with van der Waals surface area (Å²) in [6.45, 7) is 5.66. The SMILES string of the molecule is Cc1oc(-c2cccc(Oc3ccccc3)c2)nc1CN1CCC(CN)C1. The van der Waals surface area contributed by atoms with Gasteiger partial charge < -0.3 is 14.9 Å². The number of aryl methyl sites for hydroxylation is 1. The normalized spacial score (nSPS) is 17.3. The molecule has 0 radical (unpaired) electrons. The number of hydrogen-bond donors (Lipinski definition) is 1. The smallest absolute Gasteiger partial charge is 0.226 e. The Morgan fingerprint density at radius 1 is 1.15 bits per heavy atom. The Kier molecular flexibility index (Phi) is 5.23. The minimum Gasteiger partial charge on any atom is -0.457 e. The summed E-state index contributed by atoms with van der Waals surface area (Å²) >= 11 is 0. The second kappa shape index (κ2) is 7.94. The quantitative estimate of drug-likeness (QED) is 0.710. The van der Waals surface area contributed by atoms with Crippen molar-refractivity contribution in [2.75, 3.05) is 19.6 Å². The number of hydrogen-bond acceptors (Lipinski definition) is 5. The average Bonchev–Trinajstić information content (AvgIpc) is 3.30. The van der Waals surface area contributed by atoms with E-state index in [0.29, 0.717) is 11.8 Å². The summed E-state index contributed by atoms with van der Waals surface area (Å²) in [7, 11) is 0. The van der Waals surface area contributed by atoms with Gasteiger partial charge in [0.25, 0.3) is 0 Å². The van der Waals surface area contributed by atoms with Crippen LogP contribution >= 0.6 is 0 Å². The molecule has 1 aliphatic rings. The van der Waals surface area contributed by atoms with Crippen LogP contribution in [0.2, 0.25) is 0 Å². The van der Waals surface area contributed by atoms with Gasteiger partial charge in [-0.25, -0.2) is 4.98 Å². The van der Waals surface area contributed by atoms with Gasteiger partial charge in [0.15, 0.2) is 0 Å². The van der Waals surface area contributed by atoms with Gasteiger partial charge in [-0.15, -0.1) is 0 Å². The fraction of sp³-hybridized carbons (Fsp3) is 0.318. The first-order valence-electron chi connectivity index (χ1n) is 9.43. The van der Waals surface area contributed by atoms with Crippen LogP contribution in [0.25, 0.3) is 11.5 Å². The first-order valence-corrected chi connectivity index (χ1v) is 9.43. The molecule has 1 atom stereocenters. The monoisotopic (exact) mass is 363 g/mol. The number of likely N-dealkylation sites (tertiary alicyclic amines) is 1. The maximum atomic E-state index is 5.95. The Morgan fingerprint density at radius 2 is 1.96 bits per heavy atom. The van der Waals surface area contributed by atoms with Crippen LogP contribution in [0.5, 0.6) is 11.5 Å². The molecule has 2 N–H and O–H groups in total. The molecule has 5 nitrogen and oxygen atoms in total. The van der Waals surface area contributed by atoms with Crippen molar-refractivity contribution in [2.45, 2.75) is 19.9 Å². The summed E-state index contributed by atoms with van der Waals surface area (Å²) in [6.07, 6.45) is 1.17. The van der Waals surface area contributed by atoms with E-state index in [0.717, 1.165) is 54.7 Å². The van der Waals surface area contributed by atoms with E-state index in [4.69, 9.17) is 19.9 Å². The van der Waals surface area contributed by atoms with E-state index in [1.165, 1.54) is 6.42 Å². The molecule has 2 aromatic carbocycles. The Hall–Kier alpha value is -2.63. The van der Waals surface area contributed by atoms with Crippen molar-refractivity contribution in [1.82, 2.24) is 9.88 Å². The number of aromatic nitrogens is 1. The first kappa shape index (κ1) is 17.8. The maximum Gasteiger partial charge on any atom is 0.226 e. The number of rotatable bonds is 6. The lowest BCUT2D eigenvalue weighted by atomic mass is 10.1. The number of para-hydroxylation sites is 1. The van der Waals surface area contributed by atoms with Gasteiger partial charge in [0.2, 0.25) is 5.89 Å². The fourth-order valence-corrected chi connectivity index (χ4v) is 3.48. The molecular weight excluding hydrogens is 338 g/mol. The molecule has 1 unspecified atom stereocenters. The second-order valence-electron chi connectivity index (χ2n) is 7.09. The highest BCUT2D eigenvalue weighted by Crippen LogP contribution is 2.29. The summed E-state index contributed by atoms with van der Waals surface area (Å²) in [5.74, 6) is 3.68. The zero-order valence-corrected chi connectivity index (χ0v) is 15.6. The Labute approximate surface area is 159 Å². The molecule has 2 heterocycles. The van der Waals surface area contributed by atoms with Crippen LogP contribution in [-0.4, -0.2) is 29.5 Å². The van der Waals surface area contributed by atoms with Crippen molar-refractivity contribution in [3.8, 4) is 23.0 Å². The van der Waals surface area contributed by atoms with E-state index in [-0.39, 0.29) is 0 Å². The summed E-state index contributed by atoms with van der Waals surface area (Å²) in [4.78, 5) is 7.15. The Bertz CT molecular complexity index is 892. The third-order valence-electron chi connectivity index (χ3n) is 5.03. The van der Waals surface area contributed by atoms with Crippen molar-refractivity contribution >= 4 is 0 Å². The second-order valence-corrected chi connectivity index (χ2v) is 7.09. The molecule has 0 bridgehead atoms. The van der Waals surface area contributed by atoms with Gasteiger partial charge in [-0.05, 0) is 62.7 Å². The third kappa shape index (κ3) is 4.21. The standard InChI is InChI=1S/C22H25N3O2/c1-16-21(15-25-11-10-17(13-23)14-25)24-22(26-16)18-6-5-9-20(12-18)27-19-7-3-2-4-8-19/h2-9,12,17H,10-11,13-15,23H2,1H3. The number of oxazole rings is 1. The van der Waals surface area contributed by atoms with Crippen LogP contribution in [0.15, 0.2) is 59.0 Å². The highest BCUT2D eigenvalue weighted by Gasteiger charge is 2.23. The maximum absolute atomic E-state index is 5.95. The van der Waals surface area contributed by atoms with Crippen LogP contribution in [0.1, 0.15) is 17.9 Å². The van der Waals surface area contributed by atoms with E-state index in [1.54, 1.807) is 0 Å². The number of benzene rings is 2. The molecule has 4 rings (SSSR count). The molecule has 1 fully saturated rings. The van der Waals surface area contributed by atoms with E-state index in [2.05, 4.69) is 4.90 Å². The average molecular weight is 363 g/mol. The molecule has 27 heavy (non-hydrogen) atoms. The van der Waals surface area contributed by atoms with Crippen molar-refractivity contribution in [3.05, 3.63) is 66.1 Å². The number of nitrogens with two attached hydrogens (primary N) is 1. The molecule has 5 heteroatoms. The molecule has 1 saturated heterocycles. The van der Waals surface area contributed by atoms with Gasteiger partial charge in [0.05, 0.1) is 5.69 Å². The van der Waals surface area contributed by atoms with Gasteiger partial charge >= 0.3 is 0 Å². The summed E-state index contributed by atoms with van der Waals surface area (Å²) in [5, 5.41) is 0. The van der Waals surface area contributed by atoms with Gasteiger partial charge in [-0.2, -0.15) is 0 Å². The van der Waals surface area contributed by atoms with E-state index >= 15 is 0 Å². The van der Waals surface area contributed by atoms with Crippen LogP contribution < -0.4 is 10.5 Å². The molecule has 140 valence electrons. The number of nitrogens with zero attached hydrogens (tertiary/aromatic N) is 2. The van der Waals surface area contributed by atoms with Gasteiger partial charge in [0, 0.05) is 18.7 Å². The summed E-state index contributed by atoms with van der Waals surface area (Å²) in [6, 6.07) is 17.6. The molecule has 1 aromatic heterocycles. The zero-order chi connectivity index (χ0) is 18.6. The third-order valence-corrected chi connectivity index (χ3v) is 5.03. The highest BCUT2D eigenvalue weighted by atomic mass is 16.5. The van der Waals surface area contributed by atoms with Gasteiger partial charge in [-0.1, -0.05) is 24.3 Å². The van der Waals surface area contributed by atoms with E-state index in [1.807, 2.05) is 61.5 Å². The Morgan fingerprint density at radius 3 is 2.74 bits per heavy atom. The van der Waals surface area contributed by atoms with Crippen molar-refractivity contribution in [3.63, 3.8) is 0 Å². The lowest BCUT2D eigenvalue weighted by Crippen LogP contribution is -2.23. The molecule has 0 aliphatic carbocycles. The van der Waals surface area contributed by atoms with E-state index < -0.39 is 0 Å². The lowest BCUT2D eigenvalue weighted by Gasteiger charge is -2.13. The van der Waals surface area contributed by atoms with Gasteiger partial charge in [-0.3, -0.25) is 4.90 Å². The van der Waals surface area contributed by atoms with Crippen LogP contribution in [0.3, 0.4) is 0 Å². The first-order chi connectivity index (χ1) is 13.2. The zero-order valence-electron chi connectivity index (χ0n) is 15.6. The van der Waals surface area contributed by atoms with Crippen LogP contribution in [0.4, 0.5) is 0 Å². The van der Waals surface area contributed by atoms with Crippen LogP contribution in [0, 0.1) is 12.8 Å². The predicted molar refractivity (Wildman–Crippen MR) is 106 cm³/mol. The van der Waals surface area contributed by atoms with Gasteiger partial charge in [0.1, 0.15) is 17.3 Å². The predicted octanol–water partition coefficient (Wildman–Crippen LogP) is 4.22. The Balaban J connectivity index is 1.50. The fourth-order valence-electron chi connectivity index (χ4n) is 3.48. The number of ether oxygens (including phenoxy) is 1. The molecule has 1 aliphatic heterocycles. The molecule has 3 aromatic rings. The van der Waals surface area contributed by atoms with Crippen LogP contribution in [-0.2, 0) is 6.54 Å². The molecule has 0 saturated carbocycles. The molecular formula is C22H25N3O2. The molecule has 0 spiro atoms. The molecule has 0 amide bonds. The minimum absolute atomic E-state index is 0.600. The summed E-state index contributed by atoms with van der Waals surface area (Å²) in [5.41, 5.74) is 7.71.